The van der Waals surface area contributed by atoms with Gasteiger partial charge in [0.2, 0.25) is 5.82 Å². The maximum absolute atomic E-state index is 13.4. The molecule has 1 heterocycles. The average molecular weight is 215 g/mol. The van der Waals surface area contributed by atoms with Crippen molar-refractivity contribution in [2.75, 3.05) is 19.7 Å². The molecule has 0 saturated carbocycles. The molecule has 1 saturated heterocycles. The number of nitrogens with one attached hydrogen (secondary N) is 1. The van der Waals surface area contributed by atoms with Crippen molar-refractivity contribution in [2.45, 2.75) is 6.10 Å². The normalized spacial score (nSPS) is 21.6. The molecule has 1 aliphatic heterocycles. The van der Waals surface area contributed by atoms with Crippen molar-refractivity contribution in [3.63, 3.8) is 0 Å². The van der Waals surface area contributed by atoms with Gasteiger partial charge in [-0.25, -0.2) is 4.39 Å². The van der Waals surface area contributed by atoms with Gasteiger partial charge in [-0.1, -0.05) is 0 Å². The maximum Gasteiger partial charge on any atom is 0.200 e. The van der Waals surface area contributed by atoms with Crippen LogP contribution < -0.4 is 5.32 Å². The summed E-state index contributed by atoms with van der Waals surface area (Å²) in [5, 5.41) is 12.0. The summed E-state index contributed by atoms with van der Waals surface area (Å²) in [6, 6.07) is 2.47. The third kappa shape index (κ3) is 1.93. The fraction of sp³-hybridized carbons (Fsp3) is 0.400. The van der Waals surface area contributed by atoms with Gasteiger partial charge in [-0.2, -0.15) is 4.39 Å². The topological polar surface area (TPSA) is 41.5 Å². The molecule has 0 aliphatic carbocycles. The van der Waals surface area contributed by atoms with E-state index in [1.807, 2.05) is 0 Å². The first-order valence-electron chi connectivity index (χ1n) is 4.69. The van der Waals surface area contributed by atoms with Crippen molar-refractivity contribution in [1.29, 1.82) is 0 Å². The van der Waals surface area contributed by atoms with E-state index in [-0.39, 0.29) is 5.56 Å². The van der Waals surface area contributed by atoms with Crippen LogP contribution in [0.25, 0.3) is 0 Å². The van der Waals surface area contributed by atoms with Crippen LogP contribution in [0.3, 0.4) is 0 Å². The number of rotatable bonds is 1. The molecular formula is C10H11F2NO2. The molecule has 1 aliphatic rings. The quantitative estimate of drug-likeness (QED) is 0.742. The number of halogens is 2. The summed E-state index contributed by atoms with van der Waals surface area (Å²) in [6.07, 6.45) is -0.492. The van der Waals surface area contributed by atoms with E-state index < -0.39 is 23.5 Å². The maximum atomic E-state index is 13.4. The largest absolute Gasteiger partial charge is 0.505 e. The molecule has 3 nitrogen and oxygen atoms in total. The highest BCUT2D eigenvalue weighted by molar-refractivity contribution is 5.31. The second kappa shape index (κ2) is 4.12. The van der Waals surface area contributed by atoms with Gasteiger partial charge >= 0.3 is 0 Å². The second-order valence-corrected chi connectivity index (χ2v) is 3.37. The van der Waals surface area contributed by atoms with E-state index in [1.165, 1.54) is 6.07 Å². The van der Waals surface area contributed by atoms with E-state index >= 15 is 0 Å². The molecule has 15 heavy (non-hydrogen) atoms. The zero-order valence-electron chi connectivity index (χ0n) is 7.96. The summed E-state index contributed by atoms with van der Waals surface area (Å²) < 4.78 is 31.7. The predicted octanol–water partition coefficient (Wildman–Crippen LogP) is 1.33. The third-order valence-corrected chi connectivity index (χ3v) is 2.37. The summed E-state index contributed by atoms with van der Waals surface area (Å²) >= 11 is 0. The van der Waals surface area contributed by atoms with Crippen molar-refractivity contribution in [3.05, 3.63) is 29.3 Å². The highest BCUT2D eigenvalue weighted by Crippen LogP contribution is 2.27. The molecule has 0 spiro atoms. The van der Waals surface area contributed by atoms with Crippen LogP contribution in [0, 0.1) is 11.6 Å². The van der Waals surface area contributed by atoms with E-state index in [1.54, 1.807) is 0 Å². The van der Waals surface area contributed by atoms with Crippen LogP contribution in [0.1, 0.15) is 11.7 Å². The van der Waals surface area contributed by atoms with Gasteiger partial charge in [-0.3, -0.25) is 0 Å². The van der Waals surface area contributed by atoms with Crippen LogP contribution in [-0.2, 0) is 4.74 Å². The first kappa shape index (κ1) is 10.3. The summed E-state index contributed by atoms with van der Waals surface area (Å²) in [4.78, 5) is 0. The Hall–Kier alpha value is -1.20. The Morgan fingerprint density at radius 3 is 2.80 bits per heavy atom. The van der Waals surface area contributed by atoms with Gasteiger partial charge in [0.15, 0.2) is 11.6 Å². The Kier molecular flexibility index (Phi) is 2.83. The average Bonchev–Trinajstić information content (AvgIpc) is 2.27. The van der Waals surface area contributed by atoms with E-state index in [0.717, 1.165) is 6.07 Å². The molecule has 1 fully saturated rings. The molecule has 0 aromatic heterocycles. The molecule has 1 aromatic carbocycles. The lowest BCUT2D eigenvalue weighted by Crippen LogP contribution is -2.33. The zero-order chi connectivity index (χ0) is 10.8. The van der Waals surface area contributed by atoms with Crippen molar-refractivity contribution >= 4 is 0 Å². The molecule has 0 bridgehead atoms. The predicted molar refractivity (Wildman–Crippen MR) is 49.6 cm³/mol. The van der Waals surface area contributed by atoms with Crippen molar-refractivity contribution in [3.8, 4) is 5.75 Å². The minimum Gasteiger partial charge on any atom is -0.505 e. The molecule has 2 rings (SSSR count). The van der Waals surface area contributed by atoms with Crippen LogP contribution in [-0.4, -0.2) is 24.8 Å². The van der Waals surface area contributed by atoms with Gasteiger partial charge in [0, 0.05) is 18.7 Å². The van der Waals surface area contributed by atoms with Crippen LogP contribution in [0.5, 0.6) is 5.75 Å². The number of phenols is 1. The van der Waals surface area contributed by atoms with E-state index in [0.29, 0.717) is 19.7 Å². The minimum atomic E-state index is -1.22. The number of phenolic OH excluding ortho intramolecular Hbond substituents is 1. The Balaban J connectivity index is 2.31. The van der Waals surface area contributed by atoms with Crippen LogP contribution in [0.15, 0.2) is 12.1 Å². The fourth-order valence-corrected chi connectivity index (χ4v) is 1.57. The Morgan fingerprint density at radius 2 is 2.13 bits per heavy atom. The third-order valence-electron chi connectivity index (χ3n) is 2.37. The van der Waals surface area contributed by atoms with Gasteiger partial charge in [0.1, 0.15) is 0 Å². The standard InChI is InChI=1S/C10H11F2NO2/c11-9-6(1-2-7(14)10(9)12)8-5-13-3-4-15-8/h1-2,8,13-14H,3-5H2. The van der Waals surface area contributed by atoms with Gasteiger partial charge in [-0.15, -0.1) is 0 Å². The minimum absolute atomic E-state index is 0.137. The lowest BCUT2D eigenvalue weighted by atomic mass is 10.1. The monoisotopic (exact) mass is 215 g/mol. The van der Waals surface area contributed by atoms with Crippen molar-refractivity contribution < 1.29 is 18.6 Å². The molecule has 0 amide bonds. The second-order valence-electron chi connectivity index (χ2n) is 3.37. The molecule has 5 heteroatoms. The molecular weight excluding hydrogens is 204 g/mol. The van der Waals surface area contributed by atoms with Gasteiger partial charge in [-0.05, 0) is 12.1 Å². The van der Waals surface area contributed by atoms with Crippen LogP contribution in [0.4, 0.5) is 8.78 Å². The highest BCUT2D eigenvalue weighted by Gasteiger charge is 2.22. The van der Waals surface area contributed by atoms with E-state index in [9.17, 15) is 8.78 Å². The number of aromatic hydroxyl groups is 1. The highest BCUT2D eigenvalue weighted by atomic mass is 19.2. The van der Waals surface area contributed by atoms with Crippen molar-refractivity contribution in [1.82, 2.24) is 5.32 Å². The lowest BCUT2D eigenvalue weighted by Gasteiger charge is -2.24. The summed E-state index contributed by atoms with van der Waals surface area (Å²) in [7, 11) is 0. The number of hydrogen-bond donors (Lipinski definition) is 2. The molecule has 0 radical (unpaired) electrons. The Labute approximate surface area is 85.7 Å². The summed E-state index contributed by atoms with van der Waals surface area (Å²) in [5.41, 5.74) is 0.137. The molecule has 1 unspecified atom stereocenters. The van der Waals surface area contributed by atoms with Crippen molar-refractivity contribution in [2.24, 2.45) is 0 Å². The SMILES string of the molecule is Oc1ccc(C2CNCCO2)c(F)c1F. The molecule has 1 aromatic rings. The number of ether oxygens (including phenoxy) is 1. The summed E-state index contributed by atoms with van der Waals surface area (Å²) in [6.45, 7) is 1.62. The van der Waals surface area contributed by atoms with E-state index in [4.69, 9.17) is 9.84 Å². The number of benzene rings is 1. The molecule has 82 valence electrons. The first-order valence-corrected chi connectivity index (χ1v) is 4.69. The smallest absolute Gasteiger partial charge is 0.200 e. The van der Waals surface area contributed by atoms with Gasteiger partial charge in [0.25, 0.3) is 0 Å². The van der Waals surface area contributed by atoms with Gasteiger partial charge < -0.3 is 15.2 Å². The van der Waals surface area contributed by atoms with Crippen LogP contribution >= 0.6 is 0 Å². The Morgan fingerprint density at radius 1 is 1.33 bits per heavy atom. The van der Waals surface area contributed by atoms with Crippen LogP contribution in [0.2, 0.25) is 0 Å². The molecule has 1 atom stereocenters. The van der Waals surface area contributed by atoms with E-state index in [2.05, 4.69) is 5.32 Å². The first-order chi connectivity index (χ1) is 7.20. The zero-order valence-corrected chi connectivity index (χ0v) is 7.96. The summed E-state index contributed by atoms with van der Waals surface area (Å²) in [5.74, 6) is -2.94. The number of morpholine rings is 1. The number of hydrogen-bond acceptors (Lipinski definition) is 3. The fourth-order valence-electron chi connectivity index (χ4n) is 1.57. The molecule has 2 N–H and O–H groups in total. The Bertz CT molecular complexity index is 365. The lowest BCUT2D eigenvalue weighted by molar-refractivity contribution is 0.0250. The van der Waals surface area contributed by atoms with Gasteiger partial charge in [0.05, 0.1) is 12.7 Å².